The second-order valence-electron chi connectivity index (χ2n) is 4.42. The van der Waals surface area contributed by atoms with Crippen molar-refractivity contribution in [2.24, 2.45) is 0 Å². The Morgan fingerprint density at radius 3 is 2.39 bits per heavy atom. The number of benzene rings is 1. The number of alkyl carbamates (subject to hydrolysis) is 1. The fraction of sp³-hybridized carbons (Fsp3) is 0.333. The van der Waals surface area contributed by atoms with Crippen molar-refractivity contribution in [1.82, 2.24) is 5.32 Å². The lowest BCUT2D eigenvalue weighted by Crippen LogP contribution is -2.42. The summed E-state index contributed by atoms with van der Waals surface area (Å²) in [6.45, 7) is 1.80. The Kier molecular flexibility index (Phi) is 7.25. The van der Waals surface area contributed by atoms with Gasteiger partial charge in [-0.05, 0) is 25.5 Å². The van der Waals surface area contributed by atoms with Crippen molar-refractivity contribution in [2.75, 3.05) is 6.61 Å². The van der Waals surface area contributed by atoms with Crippen molar-refractivity contribution in [3.63, 3.8) is 0 Å². The minimum Gasteiger partial charge on any atom is -0.480 e. The van der Waals surface area contributed by atoms with Crippen LogP contribution in [0.4, 0.5) is 4.79 Å². The van der Waals surface area contributed by atoms with E-state index in [2.05, 4.69) is 9.47 Å². The lowest BCUT2D eigenvalue weighted by atomic mass is 10.1. The number of nitrogens with one attached hydrogen (secondary N) is 1. The Morgan fingerprint density at radius 2 is 1.83 bits per heavy atom. The van der Waals surface area contributed by atoms with Gasteiger partial charge in [0.1, 0.15) is 6.04 Å². The third-order valence-corrected chi connectivity index (χ3v) is 2.73. The largest absolute Gasteiger partial charge is 0.480 e. The van der Waals surface area contributed by atoms with E-state index in [1.165, 1.54) is 12.1 Å². The van der Waals surface area contributed by atoms with E-state index in [0.717, 1.165) is 0 Å². The summed E-state index contributed by atoms with van der Waals surface area (Å²) in [7, 11) is 0. The number of hydrogen-bond donors (Lipinski definition) is 2. The van der Waals surface area contributed by atoms with Gasteiger partial charge < -0.3 is 19.9 Å². The number of carboxylic acid groups (broad SMARTS) is 1. The maximum Gasteiger partial charge on any atom is 0.415 e. The van der Waals surface area contributed by atoms with Crippen LogP contribution in [0.25, 0.3) is 0 Å². The molecule has 23 heavy (non-hydrogen) atoms. The molecule has 0 spiro atoms. The van der Waals surface area contributed by atoms with Crippen molar-refractivity contribution in [1.29, 1.82) is 0 Å². The van der Waals surface area contributed by atoms with Crippen molar-refractivity contribution in [2.45, 2.75) is 25.8 Å². The topological polar surface area (TPSA) is 119 Å². The molecule has 8 heteroatoms. The summed E-state index contributed by atoms with van der Waals surface area (Å²) in [6, 6.07) is 6.40. The van der Waals surface area contributed by atoms with Gasteiger partial charge in [-0.3, -0.25) is 4.79 Å². The number of ether oxygens (including phenoxy) is 2. The molecule has 8 nitrogen and oxygen atoms in total. The van der Waals surface area contributed by atoms with Crippen molar-refractivity contribution >= 4 is 24.0 Å². The zero-order valence-electron chi connectivity index (χ0n) is 12.5. The molecule has 0 heterocycles. The molecule has 0 aliphatic heterocycles. The molecule has 2 N–H and O–H groups in total. The number of rotatable bonds is 7. The molecule has 0 aliphatic rings. The number of carbonyl (C=O) groups is 4. The standard InChI is InChI=1S/C15H17NO7/c1-2-22-12(17)9-8-11(13(18)19)16-15(21)23-14(20)10-6-4-3-5-7-10/h3-7,11H,2,8-9H2,1H3,(H,16,21)(H,18,19)/t11-/m0/s1. The van der Waals surface area contributed by atoms with Gasteiger partial charge in [-0.1, -0.05) is 18.2 Å². The second-order valence-corrected chi connectivity index (χ2v) is 4.42. The number of hydrogen-bond acceptors (Lipinski definition) is 6. The van der Waals surface area contributed by atoms with Gasteiger partial charge in [-0.25, -0.2) is 14.4 Å². The third kappa shape index (κ3) is 6.60. The number of carboxylic acids is 1. The highest BCUT2D eigenvalue weighted by Gasteiger charge is 2.23. The summed E-state index contributed by atoms with van der Waals surface area (Å²) in [5.74, 6) is -2.83. The van der Waals surface area contributed by atoms with Crippen LogP contribution in [0.5, 0.6) is 0 Å². The van der Waals surface area contributed by atoms with Crippen LogP contribution < -0.4 is 5.32 Å². The first-order chi connectivity index (χ1) is 10.9. The Balaban J connectivity index is 2.52. The van der Waals surface area contributed by atoms with Gasteiger partial charge in [0.2, 0.25) is 0 Å². The lowest BCUT2D eigenvalue weighted by Gasteiger charge is -2.13. The van der Waals surface area contributed by atoms with E-state index < -0.39 is 30.0 Å². The Morgan fingerprint density at radius 1 is 1.17 bits per heavy atom. The van der Waals surface area contributed by atoms with Crippen LogP contribution in [0, 0.1) is 0 Å². The number of aliphatic carboxylic acids is 1. The maximum absolute atomic E-state index is 11.7. The molecule has 0 bridgehead atoms. The Bertz CT molecular complexity index is 570. The molecule has 0 aromatic heterocycles. The van der Waals surface area contributed by atoms with Crippen molar-refractivity contribution in [3.05, 3.63) is 35.9 Å². The molecule has 124 valence electrons. The molecule has 1 aromatic rings. The van der Waals surface area contributed by atoms with Gasteiger partial charge in [0.05, 0.1) is 12.2 Å². The molecule has 1 rings (SSSR count). The number of esters is 2. The normalized spacial score (nSPS) is 11.2. The van der Waals surface area contributed by atoms with Crippen LogP contribution >= 0.6 is 0 Å². The Labute approximate surface area is 132 Å². The predicted octanol–water partition coefficient (Wildman–Crippen LogP) is 1.35. The molecule has 0 unspecified atom stereocenters. The minimum atomic E-state index is -1.37. The van der Waals surface area contributed by atoms with E-state index in [9.17, 15) is 19.2 Å². The summed E-state index contributed by atoms with van der Waals surface area (Å²) in [5.41, 5.74) is 0.154. The molecular formula is C15H17NO7. The highest BCUT2D eigenvalue weighted by atomic mass is 16.6. The smallest absolute Gasteiger partial charge is 0.415 e. The monoisotopic (exact) mass is 323 g/mol. The molecule has 0 fully saturated rings. The first-order valence-corrected chi connectivity index (χ1v) is 6.90. The predicted molar refractivity (Wildman–Crippen MR) is 77.7 cm³/mol. The van der Waals surface area contributed by atoms with E-state index in [4.69, 9.17) is 5.11 Å². The summed E-state index contributed by atoms with van der Waals surface area (Å²) >= 11 is 0. The molecule has 1 amide bonds. The number of amides is 1. The van der Waals surface area contributed by atoms with Crippen molar-refractivity contribution < 1.29 is 33.8 Å². The molecule has 0 radical (unpaired) electrons. The second kappa shape index (κ2) is 9.19. The number of carbonyl (C=O) groups excluding carboxylic acids is 3. The van der Waals surface area contributed by atoms with Crippen LogP contribution in [-0.4, -0.2) is 41.8 Å². The van der Waals surface area contributed by atoms with Gasteiger partial charge in [-0.2, -0.15) is 0 Å². The molecular weight excluding hydrogens is 306 g/mol. The zero-order chi connectivity index (χ0) is 17.2. The van der Waals surface area contributed by atoms with Gasteiger partial charge in [0.15, 0.2) is 0 Å². The van der Waals surface area contributed by atoms with E-state index >= 15 is 0 Å². The average molecular weight is 323 g/mol. The summed E-state index contributed by atoms with van der Waals surface area (Å²) in [4.78, 5) is 45.5. The molecule has 1 aromatic carbocycles. The lowest BCUT2D eigenvalue weighted by molar-refractivity contribution is -0.144. The van der Waals surface area contributed by atoms with Gasteiger partial charge in [0, 0.05) is 6.42 Å². The summed E-state index contributed by atoms with van der Waals surface area (Å²) in [5, 5.41) is 11.0. The first-order valence-electron chi connectivity index (χ1n) is 6.90. The van der Waals surface area contributed by atoms with Crippen molar-refractivity contribution in [3.8, 4) is 0 Å². The molecule has 0 saturated carbocycles. The SMILES string of the molecule is CCOC(=O)CC[C@H](NC(=O)OC(=O)c1ccccc1)C(=O)O. The maximum atomic E-state index is 11.7. The molecule has 0 aliphatic carbocycles. The van der Waals surface area contributed by atoms with E-state index in [1.807, 2.05) is 5.32 Å². The van der Waals surface area contributed by atoms with Gasteiger partial charge >= 0.3 is 24.0 Å². The summed E-state index contributed by atoms with van der Waals surface area (Å²) < 4.78 is 9.17. The van der Waals surface area contributed by atoms with E-state index in [-0.39, 0.29) is 25.0 Å². The van der Waals surface area contributed by atoms with Crippen LogP contribution in [0.15, 0.2) is 30.3 Å². The highest BCUT2D eigenvalue weighted by Crippen LogP contribution is 2.04. The third-order valence-electron chi connectivity index (χ3n) is 2.73. The van der Waals surface area contributed by atoms with E-state index in [1.54, 1.807) is 25.1 Å². The summed E-state index contributed by atoms with van der Waals surface area (Å²) in [6.07, 6.45) is -1.56. The Hall–Kier alpha value is -2.90. The minimum absolute atomic E-state index is 0.154. The van der Waals surface area contributed by atoms with E-state index in [0.29, 0.717) is 0 Å². The first kappa shape index (κ1) is 18.1. The van der Waals surface area contributed by atoms with Crippen LogP contribution in [0.3, 0.4) is 0 Å². The highest BCUT2D eigenvalue weighted by molar-refractivity contribution is 5.97. The quantitative estimate of drug-likeness (QED) is 0.574. The zero-order valence-corrected chi connectivity index (χ0v) is 12.5. The van der Waals surface area contributed by atoms with Gasteiger partial charge in [-0.15, -0.1) is 0 Å². The van der Waals surface area contributed by atoms with Crippen LogP contribution in [-0.2, 0) is 19.1 Å². The molecule has 0 saturated heterocycles. The average Bonchev–Trinajstić information content (AvgIpc) is 2.52. The van der Waals surface area contributed by atoms with Crippen LogP contribution in [0.1, 0.15) is 30.1 Å². The fourth-order valence-electron chi connectivity index (χ4n) is 1.64. The molecule has 1 atom stereocenters. The van der Waals surface area contributed by atoms with Crippen LogP contribution in [0.2, 0.25) is 0 Å². The van der Waals surface area contributed by atoms with Gasteiger partial charge in [0.25, 0.3) is 0 Å². The fourth-order valence-corrected chi connectivity index (χ4v) is 1.64.